The molecule has 2 N–H and O–H groups in total. The Kier molecular flexibility index (Phi) is 6.51. The largest absolute Gasteiger partial charge is 0.465 e. The molecule has 8 nitrogen and oxygen atoms in total. The number of halogens is 1. The molecule has 0 saturated heterocycles. The average molecular weight is 378 g/mol. The lowest BCUT2D eigenvalue weighted by molar-refractivity contribution is -0.384. The summed E-state index contributed by atoms with van der Waals surface area (Å²) in [7, 11) is 1.15. The lowest BCUT2D eigenvalue weighted by Crippen LogP contribution is -2.16. The van der Waals surface area contributed by atoms with E-state index in [9.17, 15) is 19.7 Å². The summed E-state index contributed by atoms with van der Waals surface area (Å²) in [6.45, 7) is 0.146. The maximum Gasteiger partial charge on any atom is 0.339 e. The van der Waals surface area contributed by atoms with Crippen molar-refractivity contribution >= 4 is 40.5 Å². The number of nitro benzene ring substituents is 1. The first-order valence-electron chi connectivity index (χ1n) is 7.57. The number of carbonyl (C=O) groups excluding carboxylic acids is 2. The zero-order valence-electron chi connectivity index (χ0n) is 13.8. The molecule has 0 aromatic heterocycles. The molecule has 0 bridgehead atoms. The van der Waals surface area contributed by atoms with Crippen LogP contribution in [0.15, 0.2) is 42.5 Å². The molecule has 0 atom stereocenters. The number of hydrogen-bond acceptors (Lipinski definition) is 6. The molecule has 0 aliphatic heterocycles. The number of carbonyl (C=O) groups is 2. The summed E-state index contributed by atoms with van der Waals surface area (Å²) >= 11 is 5.99. The van der Waals surface area contributed by atoms with Crippen molar-refractivity contribution in [3.8, 4) is 0 Å². The molecule has 1 amide bonds. The molecule has 0 unspecified atom stereocenters. The van der Waals surface area contributed by atoms with Gasteiger partial charge in [-0.15, -0.1) is 0 Å². The SMILES string of the molecule is COC(=O)c1cc([N+](=O)[O-])c(NCCC(=O)Nc2ccccc2)cc1Cl. The van der Waals surface area contributed by atoms with Crippen molar-refractivity contribution in [1.82, 2.24) is 0 Å². The molecule has 0 saturated carbocycles. The highest BCUT2D eigenvalue weighted by Crippen LogP contribution is 2.31. The Morgan fingerprint density at radius 2 is 1.92 bits per heavy atom. The van der Waals surface area contributed by atoms with E-state index >= 15 is 0 Å². The van der Waals surface area contributed by atoms with Crippen molar-refractivity contribution in [2.24, 2.45) is 0 Å². The zero-order valence-corrected chi connectivity index (χ0v) is 14.6. The van der Waals surface area contributed by atoms with Gasteiger partial charge in [0.1, 0.15) is 5.69 Å². The van der Waals surface area contributed by atoms with Gasteiger partial charge in [-0.1, -0.05) is 29.8 Å². The number of rotatable bonds is 7. The number of amides is 1. The third-order valence-electron chi connectivity index (χ3n) is 3.41. The Hall–Kier alpha value is -3.13. The molecule has 2 rings (SSSR count). The first kappa shape index (κ1) is 19.2. The minimum absolute atomic E-state index is 0.0127. The van der Waals surface area contributed by atoms with Crippen LogP contribution in [0, 0.1) is 10.1 Å². The maximum atomic E-state index is 11.9. The Bertz CT molecular complexity index is 827. The lowest BCUT2D eigenvalue weighted by atomic mass is 10.1. The molecule has 0 fully saturated rings. The summed E-state index contributed by atoms with van der Waals surface area (Å²) < 4.78 is 4.54. The zero-order chi connectivity index (χ0) is 19.1. The summed E-state index contributed by atoms with van der Waals surface area (Å²) in [5.74, 6) is -1.02. The second-order valence-corrected chi connectivity index (χ2v) is 5.60. The van der Waals surface area contributed by atoms with Gasteiger partial charge in [0.15, 0.2) is 0 Å². The van der Waals surface area contributed by atoms with Crippen LogP contribution in [0.5, 0.6) is 0 Å². The van der Waals surface area contributed by atoms with Crippen LogP contribution in [0.2, 0.25) is 5.02 Å². The highest BCUT2D eigenvalue weighted by atomic mass is 35.5. The van der Waals surface area contributed by atoms with Crippen molar-refractivity contribution in [2.45, 2.75) is 6.42 Å². The van der Waals surface area contributed by atoms with E-state index in [1.807, 2.05) is 6.07 Å². The number of hydrogen-bond donors (Lipinski definition) is 2. The van der Waals surface area contributed by atoms with Gasteiger partial charge in [0.05, 0.1) is 22.6 Å². The van der Waals surface area contributed by atoms with E-state index in [2.05, 4.69) is 15.4 Å². The molecule has 136 valence electrons. The van der Waals surface area contributed by atoms with E-state index in [-0.39, 0.29) is 40.8 Å². The molecule has 0 spiro atoms. The van der Waals surface area contributed by atoms with E-state index in [0.717, 1.165) is 13.2 Å². The van der Waals surface area contributed by atoms with Gasteiger partial charge in [-0.05, 0) is 18.2 Å². The molecule has 2 aromatic carbocycles. The minimum atomic E-state index is -0.771. The van der Waals surface area contributed by atoms with Crippen LogP contribution < -0.4 is 10.6 Å². The molecule has 0 radical (unpaired) electrons. The summed E-state index contributed by atoms with van der Waals surface area (Å²) in [5.41, 5.74) is 0.334. The van der Waals surface area contributed by atoms with Gasteiger partial charge in [-0.25, -0.2) is 4.79 Å². The van der Waals surface area contributed by atoms with Crippen LogP contribution in [-0.4, -0.2) is 30.5 Å². The predicted molar refractivity (Wildman–Crippen MR) is 97.6 cm³/mol. The number of esters is 1. The average Bonchev–Trinajstić information content (AvgIpc) is 2.61. The standard InChI is InChI=1S/C17H16ClN3O5/c1-26-17(23)12-9-15(21(24)25)14(10-13(12)18)19-8-7-16(22)20-11-5-3-2-4-6-11/h2-6,9-10,19H,7-8H2,1H3,(H,20,22). The molecule has 26 heavy (non-hydrogen) atoms. The van der Waals surface area contributed by atoms with Crippen LogP contribution in [-0.2, 0) is 9.53 Å². The number of nitro groups is 1. The predicted octanol–water partition coefficient (Wildman–Crippen LogP) is 3.48. The first-order chi connectivity index (χ1) is 12.4. The van der Waals surface area contributed by atoms with E-state index in [4.69, 9.17) is 11.6 Å². The third-order valence-corrected chi connectivity index (χ3v) is 3.73. The molecular formula is C17H16ClN3O5. The van der Waals surface area contributed by atoms with E-state index in [1.54, 1.807) is 24.3 Å². The molecule has 0 aliphatic carbocycles. The normalized spacial score (nSPS) is 10.1. The number of nitrogens with one attached hydrogen (secondary N) is 2. The molecule has 0 heterocycles. The van der Waals surface area contributed by atoms with Gasteiger partial charge in [0, 0.05) is 24.7 Å². The maximum absolute atomic E-state index is 11.9. The van der Waals surface area contributed by atoms with Gasteiger partial charge in [-0.3, -0.25) is 14.9 Å². The summed E-state index contributed by atoms with van der Waals surface area (Å²) in [6.07, 6.45) is 0.0857. The fraction of sp³-hybridized carbons (Fsp3) is 0.176. The van der Waals surface area contributed by atoms with Crippen LogP contribution in [0.3, 0.4) is 0 Å². The number of nitrogens with zero attached hydrogens (tertiary/aromatic N) is 1. The van der Waals surface area contributed by atoms with Crippen LogP contribution in [0.25, 0.3) is 0 Å². The van der Waals surface area contributed by atoms with Gasteiger partial charge in [0.25, 0.3) is 5.69 Å². The monoisotopic (exact) mass is 377 g/mol. The molecular weight excluding hydrogens is 362 g/mol. The van der Waals surface area contributed by atoms with Gasteiger partial charge >= 0.3 is 5.97 Å². The van der Waals surface area contributed by atoms with Crippen molar-refractivity contribution in [3.63, 3.8) is 0 Å². The Balaban J connectivity index is 2.04. The minimum Gasteiger partial charge on any atom is -0.465 e. The number of ether oxygens (including phenoxy) is 1. The van der Waals surface area contributed by atoms with Crippen molar-refractivity contribution in [3.05, 3.63) is 63.2 Å². The molecule has 9 heteroatoms. The van der Waals surface area contributed by atoms with Gasteiger partial charge in [0.2, 0.25) is 5.91 Å². The Morgan fingerprint density at radius 3 is 2.54 bits per heavy atom. The van der Waals surface area contributed by atoms with Crippen LogP contribution >= 0.6 is 11.6 Å². The van der Waals surface area contributed by atoms with Crippen molar-refractivity contribution in [1.29, 1.82) is 0 Å². The summed E-state index contributed by atoms with van der Waals surface area (Å²) in [4.78, 5) is 34.1. The highest BCUT2D eigenvalue weighted by molar-refractivity contribution is 6.34. The van der Waals surface area contributed by atoms with Crippen molar-refractivity contribution < 1.29 is 19.2 Å². The van der Waals surface area contributed by atoms with Crippen LogP contribution in [0.4, 0.5) is 17.1 Å². The topological polar surface area (TPSA) is 111 Å². The van der Waals surface area contributed by atoms with Crippen LogP contribution in [0.1, 0.15) is 16.8 Å². The summed E-state index contributed by atoms with van der Waals surface area (Å²) in [6, 6.07) is 11.2. The number of benzene rings is 2. The van der Waals surface area contributed by atoms with Crippen molar-refractivity contribution in [2.75, 3.05) is 24.3 Å². The number of para-hydroxylation sites is 1. The van der Waals surface area contributed by atoms with Gasteiger partial charge in [-0.2, -0.15) is 0 Å². The lowest BCUT2D eigenvalue weighted by Gasteiger charge is -2.10. The number of anilines is 2. The van der Waals surface area contributed by atoms with E-state index < -0.39 is 10.9 Å². The Morgan fingerprint density at radius 1 is 1.23 bits per heavy atom. The first-order valence-corrected chi connectivity index (χ1v) is 7.95. The smallest absolute Gasteiger partial charge is 0.339 e. The third kappa shape index (κ3) is 4.93. The number of methoxy groups -OCH3 is 1. The highest BCUT2D eigenvalue weighted by Gasteiger charge is 2.21. The second kappa shape index (κ2) is 8.82. The van der Waals surface area contributed by atoms with E-state index in [1.165, 1.54) is 6.07 Å². The fourth-order valence-corrected chi connectivity index (χ4v) is 2.42. The summed E-state index contributed by atoms with van der Waals surface area (Å²) in [5, 5.41) is 16.7. The second-order valence-electron chi connectivity index (χ2n) is 5.19. The van der Waals surface area contributed by atoms with Gasteiger partial charge < -0.3 is 15.4 Å². The molecule has 0 aliphatic rings. The Labute approximate surface area is 154 Å². The fourth-order valence-electron chi connectivity index (χ4n) is 2.18. The van der Waals surface area contributed by atoms with E-state index in [0.29, 0.717) is 5.69 Å². The quantitative estimate of drug-likeness (QED) is 0.434. The molecule has 2 aromatic rings.